The first-order chi connectivity index (χ1) is 11.7. The molecule has 0 radical (unpaired) electrons. The van der Waals surface area contributed by atoms with E-state index in [1.807, 2.05) is 30.5 Å². The molecule has 2 aromatic heterocycles. The first-order valence-electron chi connectivity index (χ1n) is 8.37. The van der Waals surface area contributed by atoms with E-state index in [1.165, 1.54) is 0 Å². The van der Waals surface area contributed by atoms with Gasteiger partial charge in [0.1, 0.15) is 6.10 Å². The molecule has 0 bridgehead atoms. The van der Waals surface area contributed by atoms with Crippen molar-refractivity contribution in [1.82, 2.24) is 15.0 Å². The third-order valence-corrected chi connectivity index (χ3v) is 4.74. The molecule has 0 N–H and O–H groups in total. The van der Waals surface area contributed by atoms with Gasteiger partial charge in [-0.25, -0.2) is 0 Å². The third kappa shape index (κ3) is 2.76. The zero-order valence-electron chi connectivity index (χ0n) is 14.0. The Labute approximate surface area is 141 Å². The number of aryl methyl sites for hydroxylation is 1. The predicted molar refractivity (Wildman–Crippen MR) is 93.1 cm³/mol. The minimum absolute atomic E-state index is 0.207. The van der Waals surface area contributed by atoms with Gasteiger partial charge < -0.3 is 14.2 Å². The molecule has 0 spiro atoms. The number of fused-ring (bicyclic) bond motifs is 1. The summed E-state index contributed by atoms with van der Waals surface area (Å²) >= 11 is 0. The molecule has 24 heavy (non-hydrogen) atoms. The topological polar surface area (TPSA) is 51.4 Å². The van der Waals surface area contributed by atoms with E-state index in [-0.39, 0.29) is 6.10 Å². The summed E-state index contributed by atoms with van der Waals surface area (Å²) in [5, 5.41) is 5.12. The second-order valence-corrected chi connectivity index (χ2v) is 6.48. The van der Waals surface area contributed by atoms with Crippen LogP contribution in [0, 0.1) is 6.92 Å². The summed E-state index contributed by atoms with van der Waals surface area (Å²) in [5.41, 5.74) is 3.98. The molecule has 0 aliphatic carbocycles. The number of benzene rings is 1. The summed E-state index contributed by atoms with van der Waals surface area (Å²) in [6.45, 7) is 4.18. The highest BCUT2D eigenvalue weighted by Crippen LogP contribution is 2.35. The SMILES string of the molecule is Cc1ccncc1-c1cccc2c(OC3CCN(C)CC3)noc12. The van der Waals surface area contributed by atoms with E-state index in [2.05, 4.69) is 29.0 Å². The zero-order chi connectivity index (χ0) is 16.5. The Bertz CT molecular complexity index is 851. The molecule has 5 heteroatoms. The highest BCUT2D eigenvalue weighted by molar-refractivity contribution is 5.95. The van der Waals surface area contributed by atoms with Gasteiger partial charge in [0.2, 0.25) is 0 Å². The normalized spacial score (nSPS) is 16.6. The van der Waals surface area contributed by atoms with Gasteiger partial charge in [0, 0.05) is 36.6 Å². The second-order valence-electron chi connectivity index (χ2n) is 6.48. The van der Waals surface area contributed by atoms with E-state index in [9.17, 15) is 0 Å². The Kier molecular flexibility index (Phi) is 3.94. The Hall–Kier alpha value is -2.40. The Balaban J connectivity index is 1.68. The number of rotatable bonds is 3. The molecule has 3 heterocycles. The van der Waals surface area contributed by atoms with Crippen LogP contribution >= 0.6 is 0 Å². The molecule has 4 rings (SSSR count). The van der Waals surface area contributed by atoms with Crippen molar-refractivity contribution in [1.29, 1.82) is 0 Å². The monoisotopic (exact) mass is 323 g/mol. The lowest BCUT2D eigenvalue weighted by Gasteiger charge is -2.28. The van der Waals surface area contributed by atoms with Gasteiger partial charge in [0.15, 0.2) is 5.58 Å². The summed E-state index contributed by atoms with van der Waals surface area (Å²) in [6.07, 6.45) is 5.91. The van der Waals surface area contributed by atoms with Gasteiger partial charge in [-0.2, -0.15) is 0 Å². The van der Waals surface area contributed by atoms with E-state index in [4.69, 9.17) is 9.26 Å². The molecular formula is C19H21N3O2. The molecule has 0 saturated carbocycles. The van der Waals surface area contributed by atoms with Crippen LogP contribution in [0.25, 0.3) is 22.1 Å². The van der Waals surface area contributed by atoms with Crippen molar-refractivity contribution >= 4 is 11.0 Å². The van der Waals surface area contributed by atoms with Crippen LogP contribution in [0.5, 0.6) is 5.88 Å². The van der Waals surface area contributed by atoms with Crippen LogP contribution in [0.1, 0.15) is 18.4 Å². The molecule has 3 aromatic rings. The summed E-state index contributed by atoms with van der Waals surface area (Å²) in [7, 11) is 2.14. The van der Waals surface area contributed by atoms with E-state index < -0.39 is 0 Å². The van der Waals surface area contributed by atoms with Gasteiger partial charge in [0.25, 0.3) is 5.88 Å². The average molecular weight is 323 g/mol. The van der Waals surface area contributed by atoms with E-state index in [0.717, 1.165) is 53.6 Å². The Morgan fingerprint density at radius 2 is 2.00 bits per heavy atom. The van der Waals surface area contributed by atoms with E-state index >= 15 is 0 Å². The predicted octanol–water partition coefficient (Wildman–Crippen LogP) is 3.67. The first-order valence-corrected chi connectivity index (χ1v) is 8.37. The summed E-state index contributed by atoms with van der Waals surface area (Å²) < 4.78 is 11.8. The van der Waals surface area contributed by atoms with Crippen molar-refractivity contribution in [3.63, 3.8) is 0 Å². The number of pyridine rings is 1. The van der Waals surface area contributed by atoms with Crippen molar-refractivity contribution < 1.29 is 9.26 Å². The van der Waals surface area contributed by atoms with Crippen molar-refractivity contribution in [2.45, 2.75) is 25.9 Å². The molecule has 1 aromatic carbocycles. The molecule has 1 fully saturated rings. The molecule has 0 unspecified atom stereocenters. The minimum atomic E-state index is 0.207. The fourth-order valence-corrected chi connectivity index (χ4v) is 3.24. The molecule has 0 atom stereocenters. The van der Waals surface area contributed by atoms with Crippen LogP contribution in [0.3, 0.4) is 0 Å². The number of nitrogens with zero attached hydrogens (tertiary/aromatic N) is 3. The molecule has 1 saturated heterocycles. The first kappa shape index (κ1) is 15.1. The van der Waals surface area contributed by atoms with Gasteiger partial charge in [-0.3, -0.25) is 4.98 Å². The number of para-hydroxylation sites is 1. The summed E-state index contributed by atoms with van der Waals surface area (Å²) in [4.78, 5) is 6.56. The average Bonchev–Trinajstić information content (AvgIpc) is 3.01. The van der Waals surface area contributed by atoms with Crippen LogP contribution in [-0.2, 0) is 0 Å². The van der Waals surface area contributed by atoms with Gasteiger partial charge in [-0.05, 0) is 49.7 Å². The Morgan fingerprint density at radius 3 is 2.79 bits per heavy atom. The smallest absolute Gasteiger partial charge is 0.262 e. The second kappa shape index (κ2) is 6.24. The van der Waals surface area contributed by atoms with Crippen LogP contribution in [0.15, 0.2) is 41.2 Å². The van der Waals surface area contributed by atoms with Crippen molar-refractivity contribution in [2.24, 2.45) is 0 Å². The van der Waals surface area contributed by atoms with E-state index in [0.29, 0.717) is 5.88 Å². The molecular weight excluding hydrogens is 302 g/mol. The lowest BCUT2D eigenvalue weighted by molar-refractivity contribution is 0.107. The lowest BCUT2D eigenvalue weighted by Crippen LogP contribution is -2.35. The molecule has 0 amide bonds. The Morgan fingerprint density at radius 1 is 1.17 bits per heavy atom. The van der Waals surface area contributed by atoms with E-state index in [1.54, 1.807) is 6.20 Å². The quantitative estimate of drug-likeness (QED) is 0.736. The highest BCUT2D eigenvalue weighted by Gasteiger charge is 2.22. The van der Waals surface area contributed by atoms with Gasteiger partial charge in [0.05, 0.1) is 5.39 Å². The summed E-state index contributed by atoms with van der Waals surface area (Å²) in [5.74, 6) is 0.600. The number of likely N-dealkylation sites (tertiary alicyclic amines) is 1. The maximum Gasteiger partial charge on any atom is 0.262 e. The zero-order valence-corrected chi connectivity index (χ0v) is 14.0. The van der Waals surface area contributed by atoms with Crippen molar-refractivity contribution in [2.75, 3.05) is 20.1 Å². The standard InChI is InChI=1S/C19H21N3O2/c1-13-6-9-20-12-17(13)15-4-3-5-16-18(15)24-21-19(16)23-14-7-10-22(2)11-8-14/h3-6,9,12,14H,7-8,10-11H2,1-2H3. The number of hydrogen-bond donors (Lipinski definition) is 0. The van der Waals surface area contributed by atoms with Crippen LogP contribution in [0.2, 0.25) is 0 Å². The lowest BCUT2D eigenvalue weighted by atomic mass is 10.0. The van der Waals surface area contributed by atoms with Crippen LogP contribution in [0.4, 0.5) is 0 Å². The fraction of sp³-hybridized carbons (Fsp3) is 0.368. The van der Waals surface area contributed by atoms with Crippen molar-refractivity contribution in [3.8, 4) is 17.0 Å². The number of aromatic nitrogens is 2. The maximum atomic E-state index is 6.13. The third-order valence-electron chi connectivity index (χ3n) is 4.74. The van der Waals surface area contributed by atoms with Crippen LogP contribution in [-0.4, -0.2) is 41.3 Å². The number of hydrogen-bond acceptors (Lipinski definition) is 5. The number of ether oxygens (including phenoxy) is 1. The largest absolute Gasteiger partial charge is 0.472 e. The minimum Gasteiger partial charge on any atom is -0.472 e. The molecule has 1 aliphatic rings. The van der Waals surface area contributed by atoms with Gasteiger partial charge >= 0.3 is 0 Å². The van der Waals surface area contributed by atoms with Gasteiger partial charge in [-0.1, -0.05) is 12.1 Å². The fourth-order valence-electron chi connectivity index (χ4n) is 3.24. The van der Waals surface area contributed by atoms with Gasteiger partial charge in [-0.15, -0.1) is 0 Å². The summed E-state index contributed by atoms with van der Waals surface area (Å²) in [6, 6.07) is 8.06. The maximum absolute atomic E-state index is 6.13. The molecule has 5 nitrogen and oxygen atoms in total. The van der Waals surface area contributed by atoms with Crippen molar-refractivity contribution in [3.05, 3.63) is 42.2 Å². The molecule has 124 valence electrons. The van der Waals surface area contributed by atoms with Crippen LogP contribution < -0.4 is 4.74 Å². The highest BCUT2D eigenvalue weighted by atomic mass is 16.5. The molecule has 1 aliphatic heterocycles. The number of piperidine rings is 1.